The quantitative estimate of drug-likeness (QED) is 0.367. The SMILES string of the molecule is CCCCOC(S)OCCC. The fourth-order valence-electron chi connectivity index (χ4n) is 0.595. The minimum Gasteiger partial charge on any atom is -0.344 e. The van der Waals surface area contributed by atoms with Crippen LogP contribution in [0.3, 0.4) is 0 Å². The second-order valence-corrected chi connectivity index (χ2v) is 2.82. The molecule has 0 aliphatic carbocycles. The maximum Gasteiger partial charge on any atom is 0.204 e. The Morgan fingerprint density at radius 1 is 1.09 bits per heavy atom. The molecule has 0 bridgehead atoms. The first-order valence-corrected chi connectivity index (χ1v) is 4.74. The standard InChI is InChI=1S/C8H18O2S/c1-3-5-7-10-8(11)9-6-4-2/h8,11H,3-7H2,1-2H3. The normalized spacial score (nSPS) is 13.4. The second-order valence-electron chi connectivity index (χ2n) is 2.40. The molecule has 0 amide bonds. The molecule has 0 heterocycles. The molecular formula is C8H18O2S. The smallest absolute Gasteiger partial charge is 0.204 e. The van der Waals surface area contributed by atoms with Gasteiger partial charge in [0.2, 0.25) is 5.62 Å². The summed E-state index contributed by atoms with van der Waals surface area (Å²) in [6.07, 6.45) is 3.23. The number of hydrogen-bond acceptors (Lipinski definition) is 3. The Morgan fingerprint density at radius 2 is 1.73 bits per heavy atom. The van der Waals surface area contributed by atoms with E-state index in [9.17, 15) is 0 Å². The summed E-state index contributed by atoms with van der Waals surface area (Å²) in [4.78, 5) is 0. The highest BCUT2D eigenvalue weighted by Gasteiger charge is 1.99. The van der Waals surface area contributed by atoms with Gasteiger partial charge in [-0.2, -0.15) is 0 Å². The highest BCUT2D eigenvalue weighted by molar-refractivity contribution is 7.80. The van der Waals surface area contributed by atoms with Crippen molar-refractivity contribution in [1.82, 2.24) is 0 Å². The van der Waals surface area contributed by atoms with Gasteiger partial charge in [-0.05, 0) is 12.8 Å². The van der Waals surface area contributed by atoms with Crippen molar-refractivity contribution in [2.24, 2.45) is 0 Å². The molecule has 0 aliphatic rings. The van der Waals surface area contributed by atoms with Gasteiger partial charge in [-0.25, -0.2) is 0 Å². The van der Waals surface area contributed by atoms with Crippen molar-refractivity contribution in [1.29, 1.82) is 0 Å². The Hall–Kier alpha value is 0.270. The molecule has 0 aromatic heterocycles. The van der Waals surface area contributed by atoms with Crippen molar-refractivity contribution in [3.05, 3.63) is 0 Å². The molecule has 2 nitrogen and oxygen atoms in total. The van der Waals surface area contributed by atoms with E-state index in [1.54, 1.807) is 0 Å². The van der Waals surface area contributed by atoms with Gasteiger partial charge in [0.15, 0.2) is 0 Å². The second kappa shape index (κ2) is 8.37. The van der Waals surface area contributed by atoms with Crippen LogP contribution in [0.15, 0.2) is 0 Å². The molecule has 1 atom stereocenters. The monoisotopic (exact) mass is 178 g/mol. The molecule has 0 saturated carbocycles. The summed E-state index contributed by atoms with van der Waals surface area (Å²) >= 11 is 4.09. The minimum absolute atomic E-state index is 0.332. The van der Waals surface area contributed by atoms with Crippen molar-refractivity contribution in [2.75, 3.05) is 13.2 Å². The van der Waals surface area contributed by atoms with E-state index in [-0.39, 0.29) is 5.62 Å². The topological polar surface area (TPSA) is 18.5 Å². The van der Waals surface area contributed by atoms with Crippen LogP contribution in [0, 0.1) is 0 Å². The average Bonchev–Trinajstić information content (AvgIpc) is 2.01. The van der Waals surface area contributed by atoms with Crippen LogP contribution in [0.25, 0.3) is 0 Å². The lowest BCUT2D eigenvalue weighted by molar-refractivity contribution is -0.0811. The molecule has 68 valence electrons. The highest BCUT2D eigenvalue weighted by Crippen LogP contribution is 2.01. The lowest BCUT2D eigenvalue weighted by atomic mass is 10.4. The lowest BCUT2D eigenvalue weighted by Crippen LogP contribution is -2.11. The van der Waals surface area contributed by atoms with Gasteiger partial charge in [-0.15, -0.1) is 12.6 Å². The van der Waals surface area contributed by atoms with Crippen LogP contribution in [0.4, 0.5) is 0 Å². The van der Waals surface area contributed by atoms with Crippen molar-refractivity contribution in [2.45, 2.75) is 38.7 Å². The van der Waals surface area contributed by atoms with E-state index in [4.69, 9.17) is 9.47 Å². The van der Waals surface area contributed by atoms with Crippen LogP contribution in [0.2, 0.25) is 0 Å². The van der Waals surface area contributed by atoms with E-state index >= 15 is 0 Å². The Balaban J connectivity index is 3.02. The van der Waals surface area contributed by atoms with Gasteiger partial charge in [-0.1, -0.05) is 20.3 Å². The minimum atomic E-state index is -0.332. The van der Waals surface area contributed by atoms with E-state index in [2.05, 4.69) is 26.5 Å². The van der Waals surface area contributed by atoms with E-state index in [0.717, 1.165) is 32.5 Å². The van der Waals surface area contributed by atoms with Crippen molar-refractivity contribution in [3.63, 3.8) is 0 Å². The summed E-state index contributed by atoms with van der Waals surface area (Å²) < 4.78 is 10.4. The molecular weight excluding hydrogens is 160 g/mol. The van der Waals surface area contributed by atoms with Crippen LogP contribution in [0.5, 0.6) is 0 Å². The number of unbranched alkanes of at least 4 members (excludes halogenated alkanes) is 1. The first-order valence-electron chi connectivity index (χ1n) is 4.22. The van der Waals surface area contributed by atoms with Crippen LogP contribution < -0.4 is 0 Å². The zero-order chi connectivity index (χ0) is 8.53. The van der Waals surface area contributed by atoms with Gasteiger partial charge in [0.05, 0.1) is 13.2 Å². The Kier molecular flexibility index (Phi) is 8.57. The molecule has 0 N–H and O–H groups in total. The predicted octanol–water partition coefficient (Wildman–Crippen LogP) is 2.44. The first-order chi connectivity index (χ1) is 5.31. The number of ether oxygens (including phenoxy) is 2. The number of thiol groups is 1. The lowest BCUT2D eigenvalue weighted by Gasteiger charge is -2.11. The molecule has 0 fully saturated rings. The molecule has 1 unspecified atom stereocenters. The number of hydrogen-bond donors (Lipinski definition) is 1. The summed E-state index contributed by atoms with van der Waals surface area (Å²) in [5.41, 5.74) is -0.332. The van der Waals surface area contributed by atoms with Crippen LogP contribution >= 0.6 is 12.6 Å². The predicted molar refractivity (Wildman–Crippen MR) is 49.9 cm³/mol. The third-order valence-electron chi connectivity index (χ3n) is 1.22. The molecule has 11 heavy (non-hydrogen) atoms. The van der Waals surface area contributed by atoms with E-state index in [1.165, 1.54) is 0 Å². The maximum absolute atomic E-state index is 5.23. The van der Waals surface area contributed by atoms with Crippen molar-refractivity contribution >= 4 is 12.6 Å². The number of rotatable bonds is 7. The van der Waals surface area contributed by atoms with Crippen LogP contribution in [-0.2, 0) is 9.47 Å². The van der Waals surface area contributed by atoms with Crippen LogP contribution in [0.1, 0.15) is 33.1 Å². The largest absolute Gasteiger partial charge is 0.344 e. The van der Waals surface area contributed by atoms with E-state index in [1.807, 2.05) is 0 Å². The van der Waals surface area contributed by atoms with E-state index < -0.39 is 0 Å². The molecule has 3 heteroatoms. The van der Waals surface area contributed by atoms with Crippen LogP contribution in [-0.4, -0.2) is 18.8 Å². The fourth-order valence-corrected chi connectivity index (χ4v) is 0.806. The Morgan fingerprint density at radius 3 is 2.27 bits per heavy atom. The highest BCUT2D eigenvalue weighted by atomic mass is 32.1. The van der Waals surface area contributed by atoms with E-state index in [0.29, 0.717) is 0 Å². The Labute approximate surface area is 74.7 Å². The van der Waals surface area contributed by atoms with Gasteiger partial charge < -0.3 is 9.47 Å². The Bertz CT molecular complexity index is 78.5. The summed E-state index contributed by atoms with van der Waals surface area (Å²) in [7, 11) is 0. The molecule has 0 aromatic rings. The average molecular weight is 178 g/mol. The maximum atomic E-state index is 5.23. The third kappa shape index (κ3) is 8.17. The van der Waals surface area contributed by atoms with Gasteiger partial charge >= 0.3 is 0 Å². The zero-order valence-electron chi connectivity index (χ0n) is 7.38. The summed E-state index contributed by atoms with van der Waals surface area (Å²) in [6, 6.07) is 0. The van der Waals surface area contributed by atoms with Crippen molar-refractivity contribution in [3.8, 4) is 0 Å². The molecule has 0 radical (unpaired) electrons. The van der Waals surface area contributed by atoms with Gasteiger partial charge in [0.25, 0.3) is 0 Å². The summed E-state index contributed by atoms with van der Waals surface area (Å²) in [5, 5.41) is 0. The van der Waals surface area contributed by atoms with Gasteiger partial charge in [0, 0.05) is 0 Å². The zero-order valence-corrected chi connectivity index (χ0v) is 8.27. The molecule has 0 spiro atoms. The first kappa shape index (κ1) is 11.3. The molecule has 0 rings (SSSR count). The van der Waals surface area contributed by atoms with Crippen molar-refractivity contribution < 1.29 is 9.47 Å². The fraction of sp³-hybridized carbons (Fsp3) is 1.00. The summed E-state index contributed by atoms with van der Waals surface area (Å²) in [6.45, 7) is 5.66. The molecule has 0 aliphatic heterocycles. The molecule has 0 saturated heterocycles. The summed E-state index contributed by atoms with van der Waals surface area (Å²) in [5.74, 6) is 0. The van der Waals surface area contributed by atoms with Gasteiger partial charge in [0.1, 0.15) is 0 Å². The molecule has 0 aromatic carbocycles. The van der Waals surface area contributed by atoms with Gasteiger partial charge in [-0.3, -0.25) is 0 Å². The third-order valence-corrected chi connectivity index (χ3v) is 1.52.